The van der Waals surface area contributed by atoms with Crippen molar-refractivity contribution >= 4 is 5.91 Å². The van der Waals surface area contributed by atoms with Crippen molar-refractivity contribution in [3.8, 4) is 0 Å². The number of rotatable bonds is 2. The third kappa shape index (κ3) is 2.98. The highest BCUT2D eigenvalue weighted by Crippen LogP contribution is 2.26. The third-order valence-corrected chi connectivity index (χ3v) is 3.87. The average Bonchev–Trinajstić information content (AvgIpc) is 2.37. The lowest BCUT2D eigenvalue weighted by Gasteiger charge is -2.40. The van der Waals surface area contributed by atoms with E-state index in [1.807, 2.05) is 49.1 Å². The van der Waals surface area contributed by atoms with Gasteiger partial charge in [0.1, 0.15) is 0 Å². The van der Waals surface area contributed by atoms with Crippen molar-refractivity contribution in [3.05, 3.63) is 35.9 Å². The van der Waals surface area contributed by atoms with Crippen molar-refractivity contribution in [2.24, 2.45) is 0 Å². The maximum atomic E-state index is 12.8. The fourth-order valence-electron chi connectivity index (χ4n) is 2.87. The van der Waals surface area contributed by atoms with Gasteiger partial charge in [-0.15, -0.1) is 0 Å². The van der Waals surface area contributed by atoms with Crippen LogP contribution in [-0.2, 0) is 10.2 Å². The Morgan fingerprint density at radius 3 is 2.21 bits per heavy atom. The molecule has 3 heteroatoms. The van der Waals surface area contributed by atoms with Crippen molar-refractivity contribution < 1.29 is 4.79 Å². The number of hydrogen-bond acceptors (Lipinski definition) is 2. The second-order valence-electron chi connectivity index (χ2n) is 6.17. The van der Waals surface area contributed by atoms with E-state index in [1.165, 1.54) is 0 Å². The predicted molar refractivity (Wildman–Crippen MR) is 78.1 cm³/mol. The minimum Gasteiger partial charge on any atom is -0.339 e. The largest absolute Gasteiger partial charge is 0.339 e. The molecular weight excluding hydrogens is 236 g/mol. The summed E-state index contributed by atoms with van der Waals surface area (Å²) < 4.78 is 0. The molecule has 1 aliphatic heterocycles. The summed E-state index contributed by atoms with van der Waals surface area (Å²) >= 11 is 0. The Bertz CT molecular complexity index is 431. The molecule has 0 aromatic heterocycles. The fraction of sp³-hybridized carbons (Fsp3) is 0.562. The smallest absolute Gasteiger partial charge is 0.232 e. The number of carbonyl (C=O) groups is 1. The van der Waals surface area contributed by atoms with Crippen LogP contribution in [0.1, 0.15) is 33.3 Å². The molecule has 2 unspecified atom stereocenters. The van der Waals surface area contributed by atoms with Crippen LogP contribution in [0, 0.1) is 0 Å². The van der Waals surface area contributed by atoms with Crippen LogP contribution < -0.4 is 5.32 Å². The van der Waals surface area contributed by atoms with Gasteiger partial charge in [-0.1, -0.05) is 30.3 Å². The zero-order chi connectivity index (χ0) is 14.0. The Labute approximate surface area is 116 Å². The molecule has 0 bridgehead atoms. The van der Waals surface area contributed by atoms with Gasteiger partial charge >= 0.3 is 0 Å². The van der Waals surface area contributed by atoms with Gasteiger partial charge in [0, 0.05) is 25.2 Å². The van der Waals surface area contributed by atoms with Gasteiger partial charge in [0.15, 0.2) is 0 Å². The summed E-state index contributed by atoms with van der Waals surface area (Å²) in [7, 11) is 0. The van der Waals surface area contributed by atoms with E-state index < -0.39 is 5.41 Å². The number of benzene rings is 1. The Hall–Kier alpha value is -1.35. The van der Waals surface area contributed by atoms with E-state index in [9.17, 15) is 4.79 Å². The van der Waals surface area contributed by atoms with Gasteiger partial charge in [0.25, 0.3) is 0 Å². The molecule has 0 spiro atoms. The Balaban J connectivity index is 2.18. The van der Waals surface area contributed by atoms with Crippen LogP contribution >= 0.6 is 0 Å². The van der Waals surface area contributed by atoms with Crippen molar-refractivity contribution in [2.75, 3.05) is 13.1 Å². The summed E-state index contributed by atoms with van der Waals surface area (Å²) in [6.45, 7) is 9.87. The standard InChI is InChI=1S/C16H24N2O/c1-12-10-18(11-13(2)17-12)15(19)16(3,4)14-8-6-5-7-9-14/h5-9,12-13,17H,10-11H2,1-4H3. The lowest BCUT2D eigenvalue weighted by Crippen LogP contribution is -2.58. The first-order valence-electron chi connectivity index (χ1n) is 7.02. The van der Waals surface area contributed by atoms with E-state index in [0.29, 0.717) is 12.1 Å². The van der Waals surface area contributed by atoms with Gasteiger partial charge in [0.2, 0.25) is 5.91 Å². The molecule has 1 aromatic rings. The third-order valence-electron chi connectivity index (χ3n) is 3.87. The molecule has 0 aliphatic carbocycles. The van der Waals surface area contributed by atoms with E-state index in [1.54, 1.807) is 0 Å². The second kappa shape index (κ2) is 5.33. The zero-order valence-electron chi connectivity index (χ0n) is 12.3. The van der Waals surface area contributed by atoms with Crippen molar-refractivity contribution in [1.29, 1.82) is 0 Å². The van der Waals surface area contributed by atoms with Crippen LogP contribution in [0.3, 0.4) is 0 Å². The number of amides is 1. The van der Waals surface area contributed by atoms with Crippen LogP contribution in [-0.4, -0.2) is 36.0 Å². The molecule has 1 fully saturated rings. The van der Waals surface area contributed by atoms with Gasteiger partial charge in [-0.2, -0.15) is 0 Å². The predicted octanol–water partition coefficient (Wildman–Crippen LogP) is 2.17. The summed E-state index contributed by atoms with van der Waals surface area (Å²) in [6.07, 6.45) is 0. The normalized spacial score (nSPS) is 24.3. The van der Waals surface area contributed by atoms with Crippen LogP contribution in [0.5, 0.6) is 0 Å². The molecule has 2 rings (SSSR count). The van der Waals surface area contributed by atoms with E-state index in [0.717, 1.165) is 18.7 Å². The highest BCUT2D eigenvalue weighted by atomic mass is 16.2. The highest BCUT2D eigenvalue weighted by molar-refractivity contribution is 5.87. The molecular formula is C16H24N2O. The number of nitrogens with one attached hydrogen (secondary N) is 1. The Morgan fingerprint density at radius 2 is 1.68 bits per heavy atom. The Morgan fingerprint density at radius 1 is 1.16 bits per heavy atom. The van der Waals surface area contributed by atoms with E-state index >= 15 is 0 Å². The minimum atomic E-state index is -0.460. The van der Waals surface area contributed by atoms with Gasteiger partial charge < -0.3 is 10.2 Å². The van der Waals surface area contributed by atoms with Gasteiger partial charge in [0.05, 0.1) is 5.41 Å². The highest BCUT2D eigenvalue weighted by Gasteiger charge is 2.36. The van der Waals surface area contributed by atoms with Gasteiger partial charge in [-0.25, -0.2) is 0 Å². The molecule has 0 saturated carbocycles. The molecule has 1 saturated heterocycles. The van der Waals surface area contributed by atoms with Gasteiger partial charge in [-0.3, -0.25) is 4.79 Å². The van der Waals surface area contributed by atoms with Crippen LogP contribution in [0.2, 0.25) is 0 Å². The quantitative estimate of drug-likeness (QED) is 0.884. The van der Waals surface area contributed by atoms with E-state index in [2.05, 4.69) is 19.2 Å². The van der Waals surface area contributed by atoms with E-state index in [-0.39, 0.29) is 5.91 Å². The summed E-state index contributed by atoms with van der Waals surface area (Å²) in [5, 5.41) is 3.46. The maximum Gasteiger partial charge on any atom is 0.232 e. The maximum absolute atomic E-state index is 12.8. The number of carbonyl (C=O) groups excluding carboxylic acids is 1. The van der Waals surface area contributed by atoms with Crippen LogP contribution in [0.4, 0.5) is 0 Å². The fourth-order valence-corrected chi connectivity index (χ4v) is 2.87. The molecule has 1 amide bonds. The second-order valence-corrected chi connectivity index (χ2v) is 6.17. The molecule has 1 aromatic carbocycles. The SMILES string of the molecule is CC1CN(C(=O)C(C)(C)c2ccccc2)CC(C)N1. The molecule has 19 heavy (non-hydrogen) atoms. The molecule has 3 nitrogen and oxygen atoms in total. The lowest BCUT2D eigenvalue weighted by molar-refractivity contribution is -0.138. The summed E-state index contributed by atoms with van der Waals surface area (Å²) in [5.41, 5.74) is 0.622. The molecule has 2 atom stereocenters. The van der Waals surface area contributed by atoms with E-state index in [4.69, 9.17) is 0 Å². The number of hydrogen-bond donors (Lipinski definition) is 1. The van der Waals surface area contributed by atoms with Crippen molar-refractivity contribution in [3.63, 3.8) is 0 Å². The molecule has 104 valence electrons. The summed E-state index contributed by atoms with van der Waals surface area (Å²) in [4.78, 5) is 14.8. The number of nitrogens with zero attached hydrogens (tertiary/aromatic N) is 1. The molecule has 1 aliphatic rings. The lowest BCUT2D eigenvalue weighted by atomic mass is 9.83. The first-order chi connectivity index (χ1) is 8.91. The van der Waals surface area contributed by atoms with Gasteiger partial charge in [-0.05, 0) is 33.3 Å². The minimum absolute atomic E-state index is 0.221. The van der Waals surface area contributed by atoms with Crippen LogP contribution in [0.25, 0.3) is 0 Å². The number of piperazine rings is 1. The van der Waals surface area contributed by atoms with Crippen molar-refractivity contribution in [1.82, 2.24) is 10.2 Å². The summed E-state index contributed by atoms with van der Waals surface area (Å²) in [6, 6.07) is 10.8. The molecule has 0 radical (unpaired) electrons. The Kier molecular flexibility index (Phi) is 3.95. The van der Waals surface area contributed by atoms with Crippen LogP contribution in [0.15, 0.2) is 30.3 Å². The molecule has 1 N–H and O–H groups in total. The monoisotopic (exact) mass is 260 g/mol. The first kappa shape index (κ1) is 14.1. The molecule has 1 heterocycles. The first-order valence-corrected chi connectivity index (χ1v) is 7.02. The topological polar surface area (TPSA) is 32.3 Å². The average molecular weight is 260 g/mol. The summed E-state index contributed by atoms with van der Waals surface area (Å²) in [5.74, 6) is 0.221. The zero-order valence-corrected chi connectivity index (χ0v) is 12.3. The van der Waals surface area contributed by atoms with Crippen molar-refractivity contribution in [2.45, 2.75) is 45.2 Å².